The smallest absolute Gasteiger partial charge is 0.244 e. The zero-order chi connectivity index (χ0) is 20.0. The van der Waals surface area contributed by atoms with Gasteiger partial charge in [-0.1, -0.05) is 72.3 Å². The lowest BCUT2D eigenvalue weighted by Crippen LogP contribution is -2.37. The third kappa shape index (κ3) is 3.10. The second kappa shape index (κ2) is 7.10. The Balaban J connectivity index is 1.63. The zero-order valence-corrected chi connectivity index (χ0v) is 17.2. The van der Waals surface area contributed by atoms with Gasteiger partial charge < -0.3 is 0 Å². The van der Waals surface area contributed by atoms with Crippen LogP contribution in [0.3, 0.4) is 0 Å². The first-order chi connectivity index (χ1) is 14.1. The minimum absolute atomic E-state index is 0.0744. The number of benzene rings is 3. The lowest BCUT2D eigenvalue weighted by molar-refractivity contribution is 0.154. The third-order valence-corrected chi connectivity index (χ3v) is 7.95. The van der Waals surface area contributed by atoms with Crippen LogP contribution in [0.5, 0.6) is 0 Å². The van der Waals surface area contributed by atoms with E-state index in [2.05, 4.69) is 29.2 Å². The molecule has 3 aromatic carbocycles. The summed E-state index contributed by atoms with van der Waals surface area (Å²) in [5, 5.41) is 0. The molecule has 2 aliphatic rings. The molecule has 1 fully saturated rings. The number of sulfonamides is 1. The van der Waals surface area contributed by atoms with Crippen LogP contribution in [-0.2, 0) is 16.4 Å². The SMILES string of the molecule is Cc1ccc(S(=O)(=O)N2C[C@@H]3c4ccccc4CCN3[C@@H]2c2ccccc2)cc1. The molecule has 5 rings (SSSR count). The first-order valence-electron chi connectivity index (χ1n) is 10.0. The predicted molar refractivity (Wildman–Crippen MR) is 114 cm³/mol. The van der Waals surface area contributed by atoms with Crippen LogP contribution in [-0.4, -0.2) is 30.7 Å². The van der Waals surface area contributed by atoms with E-state index in [1.165, 1.54) is 11.1 Å². The van der Waals surface area contributed by atoms with Gasteiger partial charge in [-0.15, -0.1) is 0 Å². The third-order valence-electron chi connectivity index (χ3n) is 6.12. The van der Waals surface area contributed by atoms with Crippen molar-refractivity contribution in [3.8, 4) is 0 Å². The Morgan fingerprint density at radius 1 is 0.862 bits per heavy atom. The Morgan fingerprint density at radius 3 is 2.31 bits per heavy atom. The molecule has 0 aromatic heterocycles. The maximum absolute atomic E-state index is 13.7. The highest BCUT2D eigenvalue weighted by Crippen LogP contribution is 2.46. The van der Waals surface area contributed by atoms with Crippen molar-refractivity contribution in [1.82, 2.24) is 9.21 Å². The van der Waals surface area contributed by atoms with Crippen LogP contribution < -0.4 is 0 Å². The van der Waals surface area contributed by atoms with Gasteiger partial charge >= 0.3 is 0 Å². The van der Waals surface area contributed by atoms with Crippen molar-refractivity contribution in [1.29, 1.82) is 0 Å². The van der Waals surface area contributed by atoms with Crippen LogP contribution in [0.1, 0.15) is 34.5 Å². The van der Waals surface area contributed by atoms with E-state index in [9.17, 15) is 8.42 Å². The van der Waals surface area contributed by atoms with Crippen LogP contribution in [0.2, 0.25) is 0 Å². The molecule has 0 unspecified atom stereocenters. The fourth-order valence-corrected chi connectivity index (χ4v) is 6.25. The van der Waals surface area contributed by atoms with Crippen LogP contribution in [0.4, 0.5) is 0 Å². The fourth-order valence-electron chi connectivity index (χ4n) is 4.66. The molecule has 0 spiro atoms. The van der Waals surface area contributed by atoms with Crippen LogP contribution >= 0.6 is 0 Å². The molecule has 0 N–H and O–H groups in total. The zero-order valence-electron chi connectivity index (χ0n) is 16.4. The quantitative estimate of drug-likeness (QED) is 0.654. The minimum Gasteiger partial charge on any atom is -0.274 e. The summed E-state index contributed by atoms with van der Waals surface area (Å²) in [4.78, 5) is 2.71. The van der Waals surface area contributed by atoms with E-state index in [1.54, 1.807) is 16.4 Å². The molecule has 1 saturated heterocycles. The van der Waals surface area contributed by atoms with Gasteiger partial charge in [0.25, 0.3) is 0 Å². The molecule has 0 amide bonds. The molecule has 29 heavy (non-hydrogen) atoms. The Bertz CT molecular complexity index is 1130. The summed E-state index contributed by atoms with van der Waals surface area (Å²) in [5.41, 5.74) is 4.65. The van der Waals surface area contributed by atoms with E-state index < -0.39 is 10.0 Å². The Morgan fingerprint density at radius 2 is 1.55 bits per heavy atom. The van der Waals surface area contributed by atoms with E-state index in [-0.39, 0.29) is 12.2 Å². The second-order valence-corrected chi connectivity index (χ2v) is 9.77. The molecule has 0 aliphatic carbocycles. The summed E-state index contributed by atoms with van der Waals surface area (Å²) in [7, 11) is -3.62. The Hall–Kier alpha value is -2.47. The summed E-state index contributed by atoms with van der Waals surface area (Å²) in [6, 6.07) is 25.7. The topological polar surface area (TPSA) is 40.6 Å². The van der Waals surface area contributed by atoms with Gasteiger partial charge in [0.05, 0.1) is 10.9 Å². The van der Waals surface area contributed by atoms with Gasteiger partial charge in [0.15, 0.2) is 0 Å². The maximum Gasteiger partial charge on any atom is 0.244 e. The van der Waals surface area contributed by atoms with Crippen molar-refractivity contribution < 1.29 is 8.42 Å². The monoisotopic (exact) mass is 404 g/mol. The molecule has 5 heteroatoms. The van der Waals surface area contributed by atoms with Gasteiger partial charge in [0, 0.05) is 13.1 Å². The average molecular weight is 405 g/mol. The van der Waals surface area contributed by atoms with E-state index >= 15 is 0 Å². The number of aryl methyl sites for hydroxylation is 1. The van der Waals surface area contributed by atoms with Crippen molar-refractivity contribution in [3.63, 3.8) is 0 Å². The highest BCUT2D eigenvalue weighted by molar-refractivity contribution is 7.89. The van der Waals surface area contributed by atoms with Gasteiger partial charge in [0.1, 0.15) is 6.17 Å². The Labute approximate surface area is 172 Å². The number of nitrogens with zero attached hydrogens (tertiary/aromatic N) is 2. The van der Waals surface area contributed by atoms with E-state index in [4.69, 9.17) is 0 Å². The van der Waals surface area contributed by atoms with Crippen LogP contribution in [0, 0.1) is 6.92 Å². The van der Waals surface area contributed by atoms with Gasteiger partial charge in [-0.2, -0.15) is 4.31 Å². The highest BCUT2D eigenvalue weighted by atomic mass is 32.2. The molecular formula is C24H24N2O2S. The lowest BCUT2D eigenvalue weighted by atomic mass is 9.93. The number of rotatable bonds is 3. The molecule has 148 valence electrons. The van der Waals surface area contributed by atoms with Gasteiger partial charge in [-0.25, -0.2) is 8.42 Å². The second-order valence-electron chi connectivity index (χ2n) is 7.87. The summed E-state index contributed by atoms with van der Waals surface area (Å²) >= 11 is 0. The number of hydrogen-bond acceptors (Lipinski definition) is 3. The van der Waals surface area contributed by atoms with Crippen molar-refractivity contribution in [2.24, 2.45) is 0 Å². The van der Waals surface area contributed by atoms with Gasteiger partial charge in [-0.05, 0) is 42.2 Å². The lowest BCUT2D eigenvalue weighted by Gasteiger charge is -2.35. The number of hydrogen-bond donors (Lipinski definition) is 0. The number of fused-ring (bicyclic) bond motifs is 3. The fraction of sp³-hybridized carbons (Fsp3) is 0.250. The van der Waals surface area contributed by atoms with Crippen LogP contribution in [0.15, 0.2) is 83.8 Å². The molecule has 0 bridgehead atoms. The van der Waals surface area contributed by atoms with Gasteiger partial charge in [0.2, 0.25) is 10.0 Å². The summed E-state index contributed by atoms with van der Waals surface area (Å²) in [5.74, 6) is 0. The van der Waals surface area contributed by atoms with Crippen molar-refractivity contribution >= 4 is 10.0 Å². The minimum atomic E-state index is -3.62. The molecule has 2 heterocycles. The summed E-state index contributed by atoms with van der Waals surface area (Å²) < 4.78 is 29.1. The van der Waals surface area contributed by atoms with Crippen molar-refractivity contribution in [3.05, 3.63) is 101 Å². The maximum atomic E-state index is 13.7. The van der Waals surface area contributed by atoms with E-state index in [1.807, 2.05) is 49.4 Å². The normalized spacial score (nSPS) is 22.2. The predicted octanol–water partition coefficient (Wildman–Crippen LogP) is 4.30. The van der Waals surface area contributed by atoms with Gasteiger partial charge in [-0.3, -0.25) is 4.90 Å². The van der Waals surface area contributed by atoms with E-state index in [0.717, 1.165) is 24.1 Å². The standard InChI is InChI=1S/C24H24N2O2S/c1-18-11-13-21(14-12-18)29(27,28)26-17-23-22-10-6-5-7-19(22)15-16-25(23)24(26)20-8-3-2-4-9-20/h2-14,23-24H,15-17H2,1H3/t23-,24+/m1/s1. The Kier molecular flexibility index (Phi) is 4.54. The molecule has 4 nitrogen and oxygen atoms in total. The van der Waals surface area contributed by atoms with Crippen LogP contribution in [0.25, 0.3) is 0 Å². The van der Waals surface area contributed by atoms with Crippen molar-refractivity contribution in [2.45, 2.75) is 30.4 Å². The molecular weight excluding hydrogens is 380 g/mol. The molecule has 3 aromatic rings. The molecule has 0 saturated carbocycles. The molecule has 2 atom stereocenters. The molecule has 2 aliphatic heterocycles. The molecule has 0 radical (unpaired) electrons. The summed E-state index contributed by atoms with van der Waals surface area (Å²) in [6.07, 6.45) is 0.648. The highest BCUT2D eigenvalue weighted by Gasteiger charge is 2.48. The summed E-state index contributed by atoms with van der Waals surface area (Å²) in [6.45, 7) is 3.28. The first-order valence-corrected chi connectivity index (χ1v) is 11.5. The van der Waals surface area contributed by atoms with Crippen molar-refractivity contribution in [2.75, 3.05) is 13.1 Å². The van der Waals surface area contributed by atoms with E-state index in [0.29, 0.717) is 11.4 Å². The first kappa shape index (κ1) is 18.6. The largest absolute Gasteiger partial charge is 0.274 e. The average Bonchev–Trinajstić information content (AvgIpc) is 3.16.